The van der Waals surface area contributed by atoms with Crippen LogP contribution < -0.4 is 5.43 Å². The third-order valence-corrected chi connectivity index (χ3v) is 2.07. The predicted octanol–water partition coefficient (Wildman–Crippen LogP) is -0.320. The van der Waals surface area contributed by atoms with E-state index in [9.17, 15) is 4.79 Å². The van der Waals surface area contributed by atoms with Crippen molar-refractivity contribution in [3.8, 4) is 0 Å². The van der Waals surface area contributed by atoms with Gasteiger partial charge in [-0.15, -0.1) is 0 Å². The number of carbonyl (C=O) groups is 1. The second-order valence-corrected chi connectivity index (χ2v) is 2.69. The molecule has 0 radical (unpaired) electrons. The molecule has 0 aromatic carbocycles. The summed E-state index contributed by atoms with van der Waals surface area (Å²) in [4.78, 5) is 12.1. The lowest BCUT2D eigenvalue weighted by molar-refractivity contribution is -0.111. The van der Waals surface area contributed by atoms with Gasteiger partial charge in [-0.25, -0.2) is 0 Å². The summed E-state index contributed by atoms with van der Waals surface area (Å²) in [5.74, 6) is 0. The highest BCUT2D eigenvalue weighted by molar-refractivity contribution is 8.13. The van der Waals surface area contributed by atoms with Gasteiger partial charge in [-0.05, 0) is 6.26 Å². The second-order valence-electron chi connectivity index (χ2n) is 1.92. The van der Waals surface area contributed by atoms with Gasteiger partial charge in [0.1, 0.15) is 0 Å². The van der Waals surface area contributed by atoms with Crippen molar-refractivity contribution in [1.29, 1.82) is 0 Å². The van der Waals surface area contributed by atoms with Crippen LogP contribution in [0.3, 0.4) is 0 Å². The van der Waals surface area contributed by atoms with Gasteiger partial charge in [0.15, 0.2) is 17.6 Å². The SMILES string of the molecule is CSC1=NNC(C=O)N1C. The number of nitrogens with zero attached hydrogens (tertiary/aromatic N) is 2. The Balaban J connectivity index is 2.59. The molecule has 0 saturated heterocycles. The quantitative estimate of drug-likeness (QED) is 0.533. The number of aldehydes is 1. The Morgan fingerprint density at radius 1 is 1.90 bits per heavy atom. The summed E-state index contributed by atoms with van der Waals surface area (Å²) in [6, 6.07) is 0. The van der Waals surface area contributed by atoms with Gasteiger partial charge in [0.2, 0.25) is 0 Å². The number of rotatable bonds is 1. The average Bonchev–Trinajstić information content (AvgIpc) is 2.30. The zero-order valence-corrected chi connectivity index (χ0v) is 6.68. The van der Waals surface area contributed by atoms with E-state index in [2.05, 4.69) is 10.5 Å². The zero-order valence-electron chi connectivity index (χ0n) is 5.87. The van der Waals surface area contributed by atoms with Gasteiger partial charge in [-0.3, -0.25) is 10.2 Å². The van der Waals surface area contributed by atoms with Crippen molar-refractivity contribution in [2.75, 3.05) is 13.3 Å². The van der Waals surface area contributed by atoms with Crippen LogP contribution in [0.4, 0.5) is 0 Å². The summed E-state index contributed by atoms with van der Waals surface area (Å²) >= 11 is 1.51. The Bertz CT molecular complexity index is 170. The summed E-state index contributed by atoms with van der Waals surface area (Å²) in [5.41, 5.74) is 2.68. The van der Waals surface area contributed by atoms with Gasteiger partial charge in [0.05, 0.1) is 0 Å². The van der Waals surface area contributed by atoms with E-state index in [1.807, 2.05) is 13.3 Å². The predicted molar refractivity (Wildman–Crippen MR) is 41.7 cm³/mol. The van der Waals surface area contributed by atoms with Gasteiger partial charge < -0.3 is 4.90 Å². The standard InChI is InChI=1S/C5H9N3OS/c1-8-4(3-9)6-7-5(8)10-2/h3-4,6H,1-2H3. The molecule has 0 spiro atoms. The molecule has 0 bridgehead atoms. The number of carbonyl (C=O) groups excluding carboxylic acids is 1. The van der Waals surface area contributed by atoms with Crippen molar-refractivity contribution in [1.82, 2.24) is 10.3 Å². The Morgan fingerprint density at radius 2 is 2.60 bits per heavy atom. The van der Waals surface area contributed by atoms with Crippen LogP contribution in [0.5, 0.6) is 0 Å². The first-order valence-electron chi connectivity index (χ1n) is 2.85. The molecule has 0 aliphatic carbocycles. The lowest BCUT2D eigenvalue weighted by Gasteiger charge is -2.15. The average molecular weight is 159 g/mol. The molecule has 1 heterocycles. The zero-order chi connectivity index (χ0) is 7.56. The van der Waals surface area contributed by atoms with Gasteiger partial charge >= 0.3 is 0 Å². The third-order valence-electron chi connectivity index (χ3n) is 1.32. The Morgan fingerprint density at radius 3 is 2.90 bits per heavy atom. The molecule has 0 fully saturated rings. The molecule has 10 heavy (non-hydrogen) atoms. The normalized spacial score (nSPS) is 24.0. The van der Waals surface area contributed by atoms with Gasteiger partial charge in [-0.1, -0.05) is 11.8 Å². The summed E-state index contributed by atoms with van der Waals surface area (Å²) in [6.07, 6.45) is 2.47. The Hall–Kier alpha value is -0.710. The first-order valence-corrected chi connectivity index (χ1v) is 4.07. The van der Waals surface area contributed by atoms with E-state index in [1.165, 1.54) is 11.8 Å². The molecular formula is C5H9N3OS. The summed E-state index contributed by atoms with van der Waals surface area (Å²) < 4.78 is 0. The van der Waals surface area contributed by atoms with E-state index in [-0.39, 0.29) is 6.17 Å². The Labute approximate surface area is 63.7 Å². The molecule has 1 aliphatic rings. The summed E-state index contributed by atoms with van der Waals surface area (Å²) in [6.45, 7) is 0. The number of hydrazone groups is 1. The fraction of sp³-hybridized carbons (Fsp3) is 0.600. The molecular weight excluding hydrogens is 150 g/mol. The number of hydrogen-bond donors (Lipinski definition) is 1. The van der Waals surface area contributed by atoms with Crippen molar-refractivity contribution in [3.63, 3.8) is 0 Å². The fourth-order valence-corrected chi connectivity index (χ4v) is 1.26. The maximum Gasteiger partial charge on any atom is 0.184 e. The monoisotopic (exact) mass is 159 g/mol. The number of thioether (sulfide) groups is 1. The van der Waals surface area contributed by atoms with E-state index >= 15 is 0 Å². The van der Waals surface area contributed by atoms with E-state index in [4.69, 9.17) is 0 Å². The second kappa shape index (κ2) is 2.92. The highest BCUT2D eigenvalue weighted by Crippen LogP contribution is 2.09. The van der Waals surface area contributed by atoms with Crippen molar-refractivity contribution in [2.24, 2.45) is 5.10 Å². The van der Waals surface area contributed by atoms with Crippen LogP contribution in [0.25, 0.3) is 0 Å². The molecule has 0 aromatic heterocycles. The minimum absolute atomic E-state index is 0.276. The van der Waals surface area contributed by atoms with E-state index in [0.29, 0.717) is 0 Å². The van der Waals surface area contributed by atoms with Gasteiger partial charge in [-0.2, -0.15) is 5.10 Å². The number of nitrogens with one attached hydrogen (secondary N) is 1. The highest BCUT2D eigenvalue weighted by atomic mass is 32.2. The maximum absolute atomic E-state index is 10.3. The molecule has 0 amide bonds. The first kappa shape index (κ1) is 7.40. The Kier molecular flexibility index (Phi) is 2.16. The molecule has 1 unspecified atom stereocenters. The number of likely N-dealkylation sites (N-methyl/N-ethyl adjacent to an activating group) is 1. The number of amidine groups is 1. The molecule has 1 rings (SSSR count). The molecule has 56 valence electrons. The van der Waals surface area contributed by atoms with Crippen LogP contribution in [0.15, 0.2) is 5.10 Å². The fourth-order valence-electron chi connectivity index (χ4n) is 0.717. The van der Waals surface area contributed by atoms with Crippen molar-refractivity contribution in [3.05, 3.63) is 0 Å². The molecule has 0 saturated carbocycles. The minimum atomic E-state index is -0.276. The van der Waals surface area contributed by atoms with Crippen LogP contribution in [0.1, 0.15) is 0 Å². The van der Waals surface area contributed by atoms with Crippen LogP contribution in [0.2, 0.25) is 0 Å². The van der Waals surface area contributed by atoms with E-state index in [0.717, 1.165) is 11.5 Å². The minimum Gasteiger partial charge on any atom is -0.325 e. The topological polar surface area (TPSA) is 44.7 Å². The maximum atomic E-state index is 10.3. The van der Waals surface area contributed by atoms with Crippen molar-refractivity contribution < 1.29 is 4.79 Å². The highest BCUT2D eigenvalue weighted by Gasteiger charge is 2.21. The molecule has 4 nitrogen and oxygen atoms in total. The van der Waals surface area contributed by atoms with Crippen LogP contribution in [-0.4, -0.2) is 35.8 Å². The van der Waals surface area contributed by atoms with Gasteiger partial charge in [0, 0.05) is 7.05 Å². The van der Waals surface area contributed by atoms with E-state index in [1.54, 1.807) is 4.90 Å². The summed E-state index contributed by atoms with van der Waals surface area (Å²) in [7, 11) is 1.83. The smallest absolute Gasteiger partial charge is 0.184 e. The lowest BCUT2D eigenvalue weighted by Crippen LogP contribution is -2.37. The van der Waals surface area contributed by atoms with Crippen molar-refractivity contribution >= 4 is 23.2 Å². The van der Waals surface area contributed by atoms with Gasteiger partial charge in [0.25, 0.3) is 0 Å². The first-order chi connectivity index (χ1) is 4.79. The third kappa shape index (κ3) is 1.09. The molecule has 5 heteroatoms. The summed E-state index contributed by atoms with van der Waals surface area (Å²) in [5, 5.41) is 4.76. The largest absolute Gasteiger partial charge is 0.325 e. The van der Waals surface area contributed by atoms with E-state index < -0.39 is 0 Å². The molecule has 1 aliphatic heterocycles. The molecule has 1 N–H and O–H groups in total. The lowest BCUT2D eigenvalue weighted by atomic mass is 10.5. The van der Waals surface area contributed by atoms with Crippen LogP contribution >= 0.6 is 11.8 Å². The van der Waals surface area contributed by atoms with Crippen LogP contribution in [-0.2, 0) is 4.79 Å². The number of hydrogen-bond acceptors (Lipinski definition) is 5. The molecule has 0 aromatic rings. The van der Waals surface area contributed by atoms with Crippen molar-refractivity contribution in [2.45, 2.75) is 6.17 Å². The van der Waals surface area contributed by atoms with Crippen LogP contribution in [0, 0.1) is 0 Å². The molecule has 1 atom stereocenters.